The van der Waals surface area contributed by atoms with E-state index in [1.165, 1.54) is 5.56 Å². The van der Waals surface area contributed by atoms with Crippen LogP contribution in [0.5, 0.6) is 0 Å². The lowest BCUT2D eigenvalue weighted by molar-refractivity contribution is 0.102. The van der Waals surface area contributed by atoms with E-state index in [1.807, 2.05) is 60.7 Å². The third kappa shape index (κ3) is 4.24. The molecule has 0 spiro atoms. The molecule has 0 unspecified atom stereocenters. The number of carbonyl (C=O) groups excluding carboxylic acids is 1. The molecule has 2 N–H and O–H groups in total. The van der Waals surface area contributed by atoms with Crippen LogP contribution in [0, 0.1) is 0 Å². The number of fused-ring (bicyclic) bond motifs is 1. The van der Waals surface area contributed by atoms with Crippen molar-refractivity contribution in [3.05, 3.63) is 90.4 Å². The predicted molar refractivity (Wildman–Crippen MR) is 118 cm³/mol. The Hall–Kier alpha value is -3.73. The number of hydrogen-bond acceptors (Lipinski definition) is 4. The molecule has 4 aromatic rings. The smallest absolute Gasteiger partial charge is 0.274 e. The van der Waals surface area contributed by atoms with Crippen molar-refractivity contribution in [2.45, 2.75) is 19.8 Å². The Balaban J connectivity index is 1.53. The van der Waals surface area contributed by atoms with Gasteiger partial charge in [0.25, 0.3) is 5.91 Å². The van der Waals surface area contributed by atoms with E-state index in [-0.39, 0.29) is 5.91 Å². The second-order valence-corrected chi connectivity index (χ2v) is 7.17. The molecule has 0 atom stereocenters. The fourth-order valence-electron chi connectivity index (χ4n) is 3.14. The summed E-state index contributed by atoms with van der Waals surface area (Å²) in [6.07, 6.45) is 3.39. The molecule has 0 bridgehead atoms. The van der Waals surface area contributed by atoms with Crippen molar-refractivity contribution >= 4 is 33.9 Å². The number of anilines is 3. The summed E-state index contributed by atoms with van der Waals surface area (Å²) < 4.78 is 0. The number of benzene rings is 2. The molecule has 144 valence electrons. The summed E-state index contributed by atoms with van der Waals surface area (Å²) in [6, 6.07) is 21.3. The number of pyridine rings is 2. The Morgan fingerprint density at radius 2 is 1.66 bits per heavy atom. The van der Waals surface area contributed by atoms with Gasteiger partial charge in [-0.2, -0.15) is 0 Å². The van der Waals surface area contributed by atoms with E-state index in [2.05, 4.69) is 34.4 Å². The van der Waals surface area contributed by atoms with Crippen LogP contribution in [0.3, 0.4) is 0 Å². The van der Waals surface area contributed by atoms with E-state index in [0.717, 1.165) is 28.0 Å². The van der Waals surface area contributed by atoms with Gasteiger partial charge in [-0.3, -0.25) is 14.8 Å². The van der Waals surface area contributed by atoms with Gasteiger partial charge in [-0.25, -0.2) is 0 Å². The zero-order valence-electron chi connectivity index (χ0n) is 16.4. The Kier molecular flexibility index (Phi) is 5.20. The second kappa shape index (κ2) is 8.10. The highest BCUT2D eigenvalue weighted by atomic mass is 16.1. The summed E-state index contributed by atoms with van der Waals surface area (Å²) in [5, 5.41) is 7.30. The number of rotatable bonds is 5. The Labute approximate surface area is 169 Å². The van der Waals surface area contributed by atoms with Crippen molar-refractivity contribution in [3.8, 4) is 0 Å². The van der Waals surface area contributed by atoms with Crippen molar-refractivity contribution in [3.63, 3.8) is 0 Å². The standard InChI is InChI=1S/C24H22N4O/c1-16(2)17-8-10-19(11-9-17)28-24(29)22-15-20(12-14-25-22)27-21-7-3-5-18-6-4-13-26-23(18)21/h3-16H,1-2H3,(H,25,27)(H,28,29). The first kappa shape index (κ1) is 18.6. The van der Waals surface area contributed by atoms with Crippen molar-refractivity contribution in [2.75, 3.05) is 10.6 Å². The fourth-order valence-corrected chi connectivity index (χ4v) is 3.14. The van der Waals surface area contributed by atoms with E-state index in [0.29, 0.717) is 11.6 Å². The number of amides is 1. The molecule has 2 aromatic heterocycles. The first-order valence-electron chi connectivity index (χ1n) is 9.58. The molecule has 0 aliphatic carbocycles. The van der Waals surface area contributed by atoms with Gasteiger partial charge < -0.3 is 10.6 Å². The number of nitrogens with one attached hydrogen (secondary N) is 2. The fraction of sp³-hybridized carbons (Fsp3) is 0.125. The molecule has 2 aromatic carbocycles. The molecule has 0 aliphatic rings. The largest absolute Gasteiger partial charge is 0.354 e. The zero-order valence-corrected chi connectivity index (χ0v) is 16.4. The molecule has 2 heterocycles. The lowest BCUT2D eigenvalue weighted by Gasteiger charge is -2.11. The lowest BCUT2D eigenvalue weighted by atomic mass is 10.0. The Morgan fingerprint density at radius 3 is 2.45 bits per heavy atom. The highest BCUT2D eigenvalue weighted by Crippen LogP contribution is 2.25. The molecule has 1 amide bonds. The summed E-state index contributed by atoms with van der Waals surface area (Å²) in [5.74, 6) is 0.203. The zero-order chi connectivity index (χ0) is 20.2. The van der Waals surface area contributed by atoms with E-state index in [4.69, 9.17) is 0 Å². The highest BCUT2D eigenvalue weighted by molar-refractivity contribution is 6.03. The van der Waals surface area contributed by atoms with Gasteiger partial charge in [0.1, 0.15) is 5.69 Å². The van der Waals surface area contributed by atoms with Gasteiger partial charge >= 0.3 is 0 Å². The predicted octanol–water partition coefficient (Wildman–Crippen LogP) is 5.75. The highest BCUT2D eigenvalue weighted by Gasteiger charge is 2.10. The minimum Gasteiger partial charge on any atom is -0.354 e. The van der Waals surface area contributed by atoms with Crippen LogP contribution >= 0.6 is 0 Å². The monoisotopic (exact) mass is 382 g/mol. The van der Waals surface area contributed by atoms with Crippen molar-refractivity contribution < 1.29 is 4.79 Å². The van der Waals surface area contributed by atoms with Gasteiger partial charge in [0, 0.05) is 29.2 Å². The molecular weight excluding hydrogens is 360 g/mol. The number of hydrogen-bond donors (Lipinski definition) is 2. The summed E-state index contributed by atoms with van der Waals surface area (Å²) in [5.41, 5.74) is 4.86. The van der Waals surface area contributed by atoms with Gasteiger partial charge in [-0.1, -0.05) is 44.2 Å². The molecule has 5 nitrogen and oxygen atoms in total. The van der Waals surface area contributed by atoms with Crippen LogP contribution < -0.4 is 10.6 Å². The van der Waals surface area contributed by atoms with Crippen molar-refractivity contribution in [2.24, 2.45) is 0 Å². The van der Waals surface area contributed by atoms with Gasteiger partial charge in [-0.15, -0.1) is 0 Å². The van der Waals surface area contributed by atoms with Gasteiger partial charge in [0.2, 0.25) is 0 Å². The minimum atomic E-state index is -0.248. The molecule has 0 saturated heterocycles. The molecular formula is C24H22N4O. The van der Waals surface area contributed by atoms with Crippen LogP contribution in [0.1, 0.15) is 35.8 Å². The first-order valence-corrected chi connectivity index (χ1v) is 9.58. The third-order valence-electron chi connectivity index (χ3n) is 4.74. The molecule has 0 aliphatic heterocycles. The van der Waals surface area contributed by atoms with Crippen LogP contribution in [0.2, 0.25) is 0 Å². The summed E-state index contributed by atoms with van der Waals surface area (Å²) in [4.78, 5) is 21.3. The average molecular weight is 382 g/mol. The minimum absolute atomic E-state index is 0.248. The van der Waals surface area contributed by atoms with Gasteiger partial charge in [0.05, 0.1) is 11.2 Å². The molecule has 5 heteroatoms. The normalized spacial score (nSPS) is 10.9. The molecule has 0 radical (unpaired) electrons. The number of aromatic nitrogens is 2. The maximum Gasteiger partial charge on any atom is 0.274 e. The van der Waals surface area contributed by atoms with Crippen LogP contribution in [-0.4, -0.2) is 15.9 Å². The Bertz CT molecular complexity index is 1150. The molecule has 29 heavy (non-hydrogen) atoms. The third-order valence-corrected chi connectivity index (χ3v) is 4.74. The maximum atomic E-state index is 12.6. The van der Waals surface area contributed by atoms with Crippen molar-refractivity contribution in [1.82, 2.24) is 9.97 Å². The van der Waals surface area contributed by atoms with E-state index in [9.17, 15) is 4.79 Å². The van der Waals surface area contributed by atoms with Gasteiger partial charge in [-0.05, 0) is 47.9 Å². The number of para-hydroxylation sites is 1. The number of nitrogens with zero attached hydrogens (tertiary/aromatic N) is 2. The molecule has 4 rings (SSSR count). The number of carbonyl (C=O) groups is 1. The lowest BCUT2D eigenvalue weighted by Crippen LogP contribution is -2.13. The molecule has 0 fully saturated rings. The second-order valence-electron chi connectivity index (χ2n) is 7.17. The van der Waals surface area contributed by atoms with Crippen LogP contribution in [0.15, 0.2) is 79.1 Å². The SMILES string of the molecule is CC(C)c1ccc(NC(=O)c2cc(Nc3cccc4cccnc34)ccn2)cc1. The van der Waals surface area contributed by atoms with Gasteiger partial charge in [0.15, 0.2) is 0 Å². The first-order chi connectivity index (χ1) is 14.1. The van der Waals surface area contributed by atoms with E-state index < -0.39 is 0 Å². The van der Waals surface area contributed by atoms with Crippen LogP contribution in [-0.2, 0) is 0 Å². The molecule has 0 saturated carbocycles. The van der Waals surface area contributed by atoms with Crippen LogP contribution in [0.25, 0.3) is 10.9 Å². The summed E-state index contributed by atoms with van der Waals surface area (Å²) in [7, 11) is 0. The van der Waals surface area contributed by atoms with E-state index >= 15 is 0 Å². The maximum absolute atomic E-state index is 12.6. The van der Waals surface area contributed by atoms with Crippen LogP contribution in [0.4, 0.5) is 17.1 Å². The topological polar surface area (TPSA) is 66.9 Å². The quantitative estimate of drug-likeness (QED) is 0.461. The van der Waals surface area contributed by atoms with Crippen molar-refractivity contribution in [1.29, 1.82) is 0 Å². The summed E-state index contributed by atoms with van der Waals surface area (Å²) in [6.45, 7) is 4.28. The van der Waals surface area contributed by atoms with E-state index in [1.54, 1.807) is 18.5 Å². The summed E-state index contributed by atoms with van der Waals surface area (Å²) >= 11 is 0. The Morgan fingerprint density at radius 1 is 0.862 bits per heavy atom. The average Bonchev–Trinajstić information content (AvgIpc) is 2.74.